The number of fused-ring (bicyclic) bond motifs is 3. The maximum Gasteiger partial charge on any atom is 0.246 e. The molecule has 1 saturated heterocycles. The van der Waals surface area contributed by atoms with Crippen molar-refractivity contribution in [3.63, 3.8) is 0 Å². The number of imide groups is 1. The van der Waals surface area contributed by atoms with Gasteiger partial charge in [0.1, 0.15) is 0 Å². The van der Waals surface area contributed by atoms with Crippen molar-refractivity contribution >= 4 is 22.7 Å². The van der Waals surface area contributed by atoms with Crippen LogP contribution in [0.5, 0.6) is 11.5 Å². The third kappa shape index (κ3) is 2.99. The summed E-state index contributed by atoms with van der Waals surface area (Å²) < 4.78 is 11.0. The topological polar surface area (TPSA) is 74.9 Å². The van der Waals surface area contributed by atoms with Crippen molar-refractivity contribution in [2.75, 3.05) is 27.8 Å². The third-order valence-electron chi connectivity index (χ3n) is 6.55. The van der Waals surface area contributed by atoms with Crippen LogP contribution < -0.4 is 9.47 Å². The molecule has 3 heterocycles. The van der Waals surface area contributed by atoms with Crippen LogP contribution in [0.25, 0.3) is 10.9 Å². The number of carbonyl (C=O) groups is 2. The summed E-state index contributed by atoms with van der Waals surface area (Å²) >= 11 is 0. The fourth-order valence-corrected chi connectivity index (χ4v) is 4.97. The number of H-pyrrole nitrogens is 1. The van der Waals surface area contributed by atoms with Gasteiger partial charge in [0.15, 0.2) is 11.5 Å². The molecule has 2 aromatic carbocycles. The van der Waals surface area contributed by atoms with Crippen molar-refractivity contribution in [3.05, 3.63) is 59.3 Å². The monoisotopic (exact) mass is 419 g/mol. The number of nitrogens with zero attached hydrogens (tertiary/aromatic N) is 2. The van der Waals surface area contributed by atoms with Gasteiger partial charge in [0.2, 0.25) is 11.8 Å². The Morgan fingerprint density at radius 2 is 1.81 bits per heavy atom. The van der Waals surface area contributed by atoms with Crippen molar-refractivity contribution < 1.29 is 19.1 Å². The number of carbonyl (C=O) groups excluding carboxylic acids is 2. The molecule has 0 spiro atoms. The highest BCUT2D eigenvalue weighted by Gasteiger charge is 2.45. The van der Waals surface area contributed by atoms with E-state index in [2.05, 4.69) is 22.0 Å². The van der Waals surface area contributed by atoms with Crippen LogP contribution in [-0.2, 0) is 16.0 Å². The molecule has 0 unspecified atom stereocenters. The highest BCUT2D eigenvalue weighted by Crippen LogP contribution is 2.42. The maximum absolute atomic E-state index is 12.9. The van der Waals surface area contributed by atoms with Crippen LogP contribution >= 0.6 is 0 Å². The minimum absolute atomic E-state index is 0.136. The molecule has 5 rings (SSSR count). The van der Waals surface area contributed by atoms with E-state index in [0.717, 1.165) is 23.2 Å². The van der Waals surface area contributed by atoms with E-state index in [9.17, 15) is 9.59 Å². The van der Waals surface area contributed by atoms with Crippen molar-refractivity contribution in [2.24, 2.45) is 0 Å². The Morgan fingerprint density at radius 1 is 1.03 bits per heavy atom. The quantitative estimate of drug-likeness (QED) is 0.659. The second-order valence-electron chi connectivity index (χ2n) is 8.08. The van der Waals surface area contributed by atoms with Crippen molar-refractivity contribution in [2.45, 2.75) is 24.9 Å². The second kappa shape index (κ2) is 7.42. The summed E-state index contributed by atoms with van der Waals surface area (Å²) in [6.45, 7) is 0.686. The predicted octanol–water partition coefficient (Wildman–Crippen LogP) is 2.89. The van der Waals surface area contributed by atoms with Gasteiger partial charge >= 0.3 is 0 Å². The molecule has 0 radical (unpaired) electrons. The van der Waals surface area contributed by atoms with Gasteiger partial charge in [-0.3, -0.25) is 19.4 Å². The molecule has 2 aliphatic heterocycles. The van der Waals surface area contributed by atoms with Gasteiger partial charge in [0.05, 0.1) is 32.7 Å². The molecule has 0 saturated carbocycles. The molecule has 0 bridgehead atoms. The Bertz CT molecular complexity index is 1180. The fraction of sp³-hybridized carbons (Fsp3) is 0.333. The summed E-state index contributed by atoms with van der Waals surface area (Å²) in [5.74, 6) is 1.00. The van der Waals surface area contributed by atoms with E-state index in [1.165, 1.54) is 15.8 Å². The maximum atomic E-state index is 12.9. The number of amides is 2. The summed E-state index contributed by atoms with van der Waals surface area (Å²) in [5.41, 5.74) is 4.39. The highest BCUT2D eigenvalue weighted by molar-refractivity contribution is 6.05. The Kier molecular flexibility index (Phi) is 4.70. The van der Waals surface area contributed by atoms with E-state index in [1.807, 2.05) is 30.3 Å². The van der Waals surface area contributed by atoms with Crippen LogP contribution in [-0.4, -0.2) is 60.5 Å². The molecule has 1 aromatic heterocycles. The van der Waals surface area contributed by atoms with Crippen molar-refractivity contribution in [1.29, 1.82) is 0 Å². The van der Waals surface area contributed by atoms with Gasteiger partial charge in [-0.1, -0.05) is 24.3 Å². The molecule has 0 aliphatic carbocycles. The van der Waals surface area contributed by atoms with E-state index in [0.29, 0.717) is 18.0 Å². The molecule has 1 fully saturated rings. The molecular formula is C24H25N3O4. The van der Waals surface area contributed by atoms with Crippen molar-refractivity contribution in [3.8, 4) is 11.5 Å². The first-order chi connectivity index (χ1) is 15.0. The lowest BCUT2D eigenvalue weighted by Crippen LogP contribution is -2.46. The molecule has 31 heavy (non-hydrogen) atoms. The SMILES string of the molecule is COc1ccc([C@@H]2c3[nH]c4ccccc4c3CCN2[C@@H]2CC(=O)N(C)C2=O)cc1OC. The molecular weight excluding hydrogens is 394 g/mol. The first-order valence-electron chi connectivity index (χ1n) is 10.4. The number of hydrogen-bond acceptors (Lipinski definition) is 5. The lowest BCUT2D eigenvalue weighted by atomic mass is 9.90. The van der Waals surface area contributed by atoms with Gasteiger partial charge in [-0.25, -0.2) is 0 Å². The Hall–Kier alpha value is -3.32. The van der Waals surface area contributed by atoms with Gasteiger partial charge in [0, 0.05) is 30.2 Å². The van der Waals surface area contributed by atoms with Crippen LogP contribution in [0, 0.1) is 0 Å². The van der Waals surface area contributed by atoms with Gasteiger partial charge in [-0.15, -0.1) is 0 Å². The zero-order valence-electron chi connectivity index (χ0n) is 17.8. The van der Waals surface area contributed by atoms with Crippen LogP contribution in [0.15, 0.2) is 42.5 Å². The van der Waals surface area contributed by atoms with E-state index in [1.54, 1.807) is 21.3 Å². The van der Waals surface area contributed by atoms with Gasteiger partial charge in [-0.2, -0.15) is 0 Å². The van der Waals surface area contributed by atoms with Gasteiger partial charge in [0.25, 0.3) is 0 Å². The van der Waals surface area contributed by atoms with E-state index >= 15 is 0 Å². The standard InChI is InChI=1S/C24H25N3O4/c1-26-21(28)13-18(24(26)29)27-11-10-16-15-6-4-5-7-17(15)25-22(16)23(27)14-8-9-19(30-2)20(12-14)31-3/h4-9,12,18,23,25H,10-11,13H2,1-3H3/t18-,23-/m1/s1. The molecule has 1 N–H and O–H groups in total. The van der Waals surface area contributed by atoms with E-state index in [-0.39, 0.29) is 24.3 Å². The molecule has 2 aliphatic rings. The third-order valence-corrected chi connectivity index (χ3v) is 6.55. The minimum atomic E-state index is -0.477. The summed E-state index contributed by atoms with van der Waals surface area (Å²) in [4.78, 5) is 32.2. The average molecular weight is 419 g/mol. The number of rotatable bonds is 4. The summed E-state index contributed by atoms with van der Waals surface area (Å²) in [5, 5.41) is 1.20. The zero-order chi connectivity index (χ0) is 21.7. The molecule has 2 amide bonds. The largest absolute Gasteiger partial charge is 0.493 e. The van der Waals surface area contributed by atoms with E-state index < -0.39 is 6.04 Å². The summed E-state index contributed by atoms with van der Waals surface area (Å²) in [6, 6.07) is 13.4. The molecule has 7 nitrogen and oxygen atoms in total. The van der Waals surface area contributed by atoms with Gasteiger partial charge in [-0.05, 0) is 35.7 Å². The first-order valence-corrected chi connectivity index (χ1v) is 10.4. The number of aromatic amines is 1. The normalized spacial score (nSPS) is 21.6. The number of likely N-dealkylation sites (N-methyl/N-ethyl adjacent to an activating group) is 1. The second-order valence-corrected chi connectivity index (χ2v) is 8.08. The molecule has 7 heteroatoms. The number of likely N-dealkylation sites (tertiary alicyclic amines) is 1. The van der Waals surface area contributed by atoms with Crippen LogP contribution in [0.4, 0.5) is 0 Å². The minimum Gasteiger partial charge on any atom is -0.493 e. The Balaban J connectivity index is 1.68. The van der Waals surface area contributed by atoms with Crippen molar-refractivity contribution in [1.82, 2.24) is 14.8 Å². The Labute approximate surface area is 180 Å². The average Bonchev–Trinajstić information content (AvgIpc) is 3.30. The zero-order valence-corrected chi connectivity index (χ0v) is 17.8. The smallest absolute Gasteiger partial charge is 0.246 e. The first kappa shape index (κ1) is 19.6. The molecule has 2 atom stereocenters. The summed E-state index contributed by atoms with van der Waals surface area (Å²) in [6.07, 6.45) is 1.01. The number of methoxy groups -OCH3 is 2. The molecule has 3 aromatic rings. The van der Waals surface area contributed by atoms with E-state index in [4.69, 9.17) is 9.47 Å². The lowest BCUT2D eigenvalue weighted by molar-refractivity contribution is -0.138. The number of nitrogens with one attached hydrogen (secondary N) is 1. The van der Waals surface area contributed by atoms with Crippen LogP contribution in [0.1, 0.15) is 29.3 Å². The fourth-order valence-electron chi connectivity index (χ4n) is 4.97. The molecule has 160 valence electrons. The number of benzene rings is 2. The lowest BCUT2D eigenvalue weighted by Gasteiger charge is -2.39. The number of aromatic nitrogens is 1. The highest BCUT2D eigenvalue weighted by atomic mass is 16.5. The van der Waals surface area contributed by atoms with Crippen LogP contribution in [0.3, 0.4) is 0 Å². The number of hydrogen-bond donors (Lipinski definition) is 1. The van der Waals surface area contributed by atoms with Gasteiger partial charge < -0.3 is 14.5 Å². The summed E-state index contributed by atoms with van der Waals surface area (Å²) in [7, 11) is 4.79. The number of para-hydroxylation sites is 1. The number of ether oxygens (including phenoxy) is 2. The predicted molar refractivity (Wildman–Crippen MR) is 116 cm³/mol. The van der Waals surface area contributed by atoms with Crippen LogP contribution in [0.2, 0.25) is 0 Å². The Morgan fingerprint density at radius 3 is 2.52 bits per heavy atom.